The zero-order valence-corrected chi connectivity index (χ0v) is 22.9. The molecule has 3 rings (SSSR count). The number of alkyl carbamates (subject to hydrolysis) is 1. The number of carbonyl (C=O) groups excluding carboxylic acids is 4. The van der Waals surface area contributed by atoms with E-state index in [-0.39, 0.29) is 37.4 Å². The van der Waals surface area contributed by atoms with Crippen molar-refractivity contribution < 1.29 is 28.3 Å². The van der Waals surface area contributed by atoms with Gasteiger partial charge in [0.15, 0.2) is 11.7 Å². The van der Waals surface area contributed by atoms with Gasteiger partial charge in [-0.25, -0.2) is 9.18 Å². The molecule has 0 aromatic heterocycles. The topological polar surface area (TPSA) is 169 Å². The highest BCUT2D eigenvalue weighted by Gasteiger charge is 2.41. The Balaban J connectivity index is 1.67. The Bertz CT molecular complexity index is 1030. The van der Waals surface area contributed by atoms with E-state index >= 15 is 0 Å². The number of nitrogens with two attached hydrogens (primary N) is 2. The quantitative estimate of drug-likeness (QED) is 0.162. The van der Waals surface area contributed by atoms with Crippen LogP contribution in [0.2, 0.25) is 0 Å². The summed E-state index contributed by atoms with van der Waals surface area (Å²) in [6, 6.07) is 6.53. The lowest BCUT2D eigenvalue weighted by Crippen LogP contribution is -2.57. The van der Waals surface area contributed by atoms with Crippen LogP contribution < -0.4 is 22.1 Å². The summed E-state index contributed by atoms with van der Waals surface area (Å²) < 4.78 is 18.6. The number of ether oxygens (including phenoxy) is 1. The fourth-order valence-corrected chi connectivity index (χ4v) is 5.40. The molecule has 6 N–H and O–H groups in total. The average molecular weight is 561 g/mol. The Labute approximate surface area is 234 Å². The van der Waals surface area contributed by atoms with E-state index in [1.165, 1.54) is 4.90 Å². The molecule has 12 heteroatoms. The van der Waals surface area contributed by atoms with Gasteiger partial charge >= 0.3 is 6.09 Å². The normalized spacial score (nSPS) is 18.8. The Kier molecular flexibility index (Phi) is 12.2. The summed E-state index contributed by atoms with van der Waals surface area (Å²) in [6.07, 6.45) is 5.35. The molecule has 11 nitrogen and oxygen atoms in total. The molecular formula is C28H41FN6O5. The number of carbonyl (C=O) groups is 4. The number of nitrogens with one attached hydrogen (secondary N) is 2. The SMILES string of the molecule is NC(N)=NCCCC(NC(=O)C1CCCN1C(=O)C(NC(=O)OCc1ccccc1)C1CCCCC1)C(=O)CF. The molecule has 1 aliphatic heterocycles. The highest BCUT2D eigenvalue weighted by molar-refractivity contribution is 5.95. The molecule has 1 heterocycles. The van der Waals surface area contributed by atoms with Gasteiger partial charge in [0.1, 0.15) is 25.4 Å². The van der Waals surface area contributed by atoms with E-state index in [1.807, 2.05) is 30.3 Å². The van der Waals surface area contributed by atoms with Crippen LogP contribution in [0.4, 0.5) is 9.18 Å². The largest absolute Gasteiger partial charge is 0.445 e. The van der Waals surface area contributed by atoms with E-state index in [4.69, 9.17) is 16.2 Å². The maximum absolute atomic E-state index is 13.8. The number of amides is 3. The zero-order valence-electron chi connectivity index (χ0n) is 22.9. The molecule has 3 amide bonds. The smallest absolute Gasteiger partial charge is 0.408 e. The van der Waals surface area contributed by atoms with E-state index < -0.39 is 42.6 Å². The lowest BCUT2D eigenvalue weighted by molar-refractivity contribution is -0.142. The van der Waals surface area contributed by atoms with Gasteiger partial charge in [-0.15, -0.1) is 0 Å². The lowest BCUT2D eigenvalue weighted by atomic mass is 9.83. The molecule has 1 aromatic carbocycles. The van der Waals surface area contributed by atoms with Gasteiger partial charge < -0.3 is 31.7 Å². The summed E-state index contributed by atoms with van der Waals surface area (Å²) in [5.41, 5.74) is 11.5. The van der Waals surface area contributed by atoms with Crippen LogP contribution in [-0.2, 0) is 25.7 Å². The third-order valence-electron chi connectivity index (χ3n) is 7.49. The number of rotatable bonds is 13. The van der Waals surface area contributed by atoms with Crippen molar-refractivity contribution in [1.29, 1.82) is 0 Å². The van der Waals surface area contributed by atoms with Gasteiger partial charge in [0.05, 0.1) is 6.04 Å². The van der Waals surface area contributed by atoms with Crippen LogP contribution >= 0.6 is 0 Å². The Morgan fingerprint density at radius 1 is 1.02 bits per heavy atom. The first-order chi connectivity index (χ1) is 19.3. The van der Waals surface area contributed by atoms with Crippen LogP contribution in [-0.4, -0.2) is 72.4 Å². The molecule has 1 aromatic rings. The number of nitrogens with zero attached hydrogens (tertiary/aromatic N) is 2. The van der Waals surface area contributed by atoms with Crippen LogP contribution in [0.25, 0.3) is 0 Å². The summed E-state index contributed by atoms with van der Waals surface area (Å²) >= 11 is 0. The van der Waals surface area contributed by atoms with Crippen molar-refractivity contribution in [2.45, 2.75) is 82.5 Å². The lowest BCUT2D eigenvalue weighted by Gasteiger charge is -2.34. The standard InChI is InChI=1S/C28H41FN6O5/c29-17-23(36)21(13-7-15-32-27(30)31)33-25(37)22-14-8-16-35(22)26(38)24(20-11-5-2-6-12-20)34-28(39)40-18-19-9-3-1-4-10-19/h1,3-4,9-10,20-22,24H,2,5-8,11-18H2,(H,33,37)(H,34,39)(H4,30,31,32). The predicted octanol–water partition coefficient (Wildman–Crippen LogP) is 1.93. The van der Waals surface area contributed by atoms with Crippen molar-refractivity contribution in [2.24, 2.45) is 22.4 Å². The summed E-state index contributed by atoms with van der Waals surface area (Å²) in [5, 5.41) is 5.42. The summed E-state index contributed by atoms with van der Waals surface area (Å²) in [6.45, 7) is -0.579. The van der Waals surface area contributed by atoms with E-state index in [1.54, 1.807) is 0 Å². The molecule has 1 aliphatic carbocycles. The molecule has 0 spiro atoms. The molecule has 1 saturated carbocycles. The molecule has 0 bridgehead atoms. The highest BCUT2D eigenvalue weighted by Crippen LogP contribution is 2.29. The highest BCUT2D eigenvalue weighted by atomic mass is 19.1. The maximum atomic E-state index is 13.8. The molecule has 2 fully saturated rings. The van der Waals surface area contributed by atoms with Gasteiger partial charge in [-0.05, 0) is 50.0 Å². The van der Waals surface area contributed by atoms with E-state index in [2.05, 4.69) is 15.6 Å². The second-order valence-electron chi connectivity index (χ2n) is 10.4. The van der Waals surface area contributed by atoms with Crippen molar-refractivity contribution in [2.75, 3.05) is 19.8 Å². The number of hydrogen-bond acceptors (Lipinski definition) is 6. The monoisotopic (exact) mass is 560 g/mol. The summed E-state index contributed by atoms with van der Waals surface area (Å²) in [4.78, 5) is 57.3. The fourth-order valence-electron chi connectivity index (χ4n) is 5.40. The number of benzene rings is 1. The van der Waals surface area contributed by atoms with Gasteiger partial charge in [0, 0.05) is 13.1 Å². The minimum absolute atomic E-state index is 0.0696. The first kappa shape index (κ1) is 30.8. The molecular weight excluding hydrogens is 519 g/mol. The summed E-state index contributed by atoms with van der Waals surface area (Å²) in [7, 11) is 0. The number of guanidine groups is 1. The number of alkyl halides is 1. The van der Waals surface area contributed by atoms with Gasteiger partial charge in [-0.2, -0.15) is 0 Å². The number of halogens is 1. The maximum Gasteiger partial charge on any atom is 0.408 e. The molecule has 1 saturated heterocycles. The Morgan fingerprint density at radius 3 is 2.42 bits per heavy atom. The summed E-state index contributed by atoms with van der Waals surface area (Å²) in [5.74, 6) is -1.79. The van der Waals surface area contributed by atoms with Gasteiger partial charge in [0.25, 0.3) is 0 Å². The number of ketones is 1. The number of likely N-dealkylation sites (tertiary alicyclic amines) is 1. The third kappa shape index (κ3) is 9.20. The second kappa shape index (κ2) is 15.8. The zero-order chi connectivity index (χ0) is 28.9. The van der Waals surface area contributed by atoms with Crippen LogP contribution in [0.3, 0.4) is 0 Å². The molecule has 0 radical (unpaired) electrons. The van der Waals surface area contributed by atoms with Crippen molar-refractivity contribution in [1.82, 2.24) is 15.5 Å². The Hall–Kier alpha value is -3.70. The van der Waals surface area contributed by atoms with Crippen molar-refractivity contribution in [3.63, 3.8) is 0 Å². The first-order valence-corrected chi connectivity index (χ1v) is 14.0. The predicted molar refractivity (Wildman–Crippen MR) is 148 cm³/mol. The average Bonchev–Trinajstić information content (AvgIpc) is 3.47. The van der Waals surface area contributed by atoms with Crippen molar-refractivity contribution in [3.05, 3.63) is 35.9 Å². The van der Waals surface area contributed by atoms with Crippen molar-refractivity contribution >= 4 is 29.7 Å². The van der Waals surface area contributed by atoms with Gasteiger partial charge in [-0.3, -0.25) is 19.4 Å². The molecule has 3 unspecified atom stereocenters. The first-order valence-electron chi connectivity index (χ1n) is 14.0. The van der Waals surface area contributed by atoms with Crippen LogP contribution in [0.1, 0.15) is 63.4 Å². The van der Waals surface area contributed by atoms with E-state index in [0.29, 0.717) is 25.8 Å². The van der Waals surface area contributed by atoms with E-state index in [0.717, 1.165) is 37.7 Å². The van der Waals surface area contributed by atoms with Crippen LogP contribution in [0.15, 0.2) is 35.3 Å². The molecule has 3 atom stereocenters. The molecule has 220 valence electrons. The third-order valence-corrected chi connectivity index (χ3v) is 7.49. The molecule has 40 heavy (non-hydrogen) atoms. The Morgan fingerprint density at radius 2 is 1.75 bits per heavy atom. The number of hydrogen-bond donors (Lipinski definition) is 4. The molecule has 2 aliphatic rings. The van der Waals surface area contributed by atoms with Crippen LogP contribution in [0.5, 0.6) is 0 Å². The van der Waals surface area contributed by atoms with Gasteiger partial charge in [0.2, 0.25) is 11.8 Å². The second-order valence-corrected chi connectivity index (χ2v) is 10.4. The number of aliphatic imine (C=N–C) groups is 1. The van der Waals surface area contributed by atoms with Crippen LogP contribution in [0, 0.1) is 5.92 Å². The minimum Gasteiger partial charge on any atom is -0.445 e. The fraction of sp³-hybridized carbons (Fsp3) is 0.607. The van der Waals surface area contributed by atoms with E-state index in [9.17, 15) is 23.6 Å². The number of Topliss-reactive ketones (excluding diaryl/α,β-unsaturated/α-hetero) is 1. The van der Waals surface area contributed by atoms with Gasteiger partial charge in [-0.1, -0.05) is 49.6 Å². The minimum atomic E-state index is -1.22. The van der Waals surface area contributed by atoms with Crippen molar-refractivity contribution in [3.8, 4) is 0 Å².